The molecule has 3 nitrogen and oxygen atoms in total. The Morgan fingerprint density at radius 2 is 2.20 bits per heavy atom. The first-order valence-corrected chi connectivity index (χ1v) is 3.62. The number of amides is 1. The van der Waals surface area contributed by atoms with Gasteiger partial charge in [-0.15, -0.1) is 0 Å². The summed E-state index contributed by atoms with van der Waals surface area (Å²) in [7, 11) is 0. The van der Waals surface area contributed by atoms with Crippen molar-refractivity contribution < 1.29 is 4.79 Å². The third-order valence-electron chi connectivity index (χ3n) is 1.69. The van der Waals surface area contributed by atoms with Crippen LogP contribution in [0.2, 0.25) is 0 Å². The highest BCUT2D eigenvalue weighted by Crippen LogP contribution is 2.07. The number of nitrogens with one attached hydrogen (secondary N) is 2. The van der Waals surface area contributed by atoms with Crippen LogP contribution in [0.3, 0.4) is 0 Å². The van der Waals surface area contributed by atoms with E-state index in [0.29, 0.717) is 6.54 Å². The summed E-state index contributed by atoms with van der Waals surface area (Å²) in [5, 5.41) is 5.96. The van der Waals surface area contributed by atoms with E-state index in [-0.39, 0.29) is 11.4 Å². The van der Waals surface area contributed by atoms with Crippen molar-refractivity contribution in [3.8, 4) is 0 Å². The highest BCUT2D eigenvalue weighted by molar-refractivity contribution is 5.79. The van der Waals surface area contributed by atoms with Crippen LogP contribution in [0.4, 0.5) is 0 Å². The van der Waals surface area contributed by atoms with Gasteiger partial charge in [0.15, 0.2) is 0 Å². The van der Waals surface area contributed by atoms with E-state index in [1.165, 1.54) is 0 Å². The molecule has 1 rings (SSSR count). The fourth-order valence-electron chi connectivity index (χ4n) is 1.09. The second kappa shape index (κ2) is 2.58. The minimum absolute atomic E-state index is 0.0272. The Hall–Kier alpha value is -0.570. The van der Waals surface area contributed by atoms with Gasteiger partial charge in [0.1, 0.15) is 0 Å². The van der Waals surface area contributed by atoms with Crippen LogP contribution < -0.4 is 10.6 Å². The van der Waals surface area contributed by atoms with Crippen LogP contribution in [-0.4, -0.2) is 24.5 Å². The Kier molecular flexibility index (Phi) is 1.94. The monoisotopic (exact) mass is 142 g/mol. The molecule has 0 unspecified atom stereocenters. The first-order valence-electron chi connectivity index (χ1n) is 3.62. The zero-order chi connectivity index (χ0) is 7.61. The van der Waals surface area contributed by atoms with Gasteiger partial charge in [0, 0.05) is 5.54 Å². The van der Waals surface area contributed by atoms with Crippen molar-refractivity contribution in [2.45, 2.75) is 25.8 Å². The largest absolute Gasteiger partial charge is 0.350 e. The van der Waals surface area contributed by atoms with Crippen LogP contribution >= 0.6 is 0 Å². The van der Waals surface area contributed by atoms with Crippen LogP contribution in [0.1, 0.15) is 20.3 Å². The predicted molar refractivity (Wildman–Crippen MR) is 39.7 cm³/mol. The molecule has 3 heteroatoms. The molecule has 0 aliphatic carbocycles. The molecule has 2 N–H and O–H groups in total. The molecule has 1 saturated heterocycles. The number of carbonyl (C=O) groups is 1. The summed E-state index contributed by atoms with van der Waals surface area (Å²) in [4.78, 5) is 10.9. The normalized spacial score (nSPS) is 25.2. The smallest absolute Gasteiger partial charge is 0.234 e. The predicted octanol–water partition coefficient (Wildman–Crippen LogP) is -0.126. The summed E-state index contributed by atoms with van der Waals surface area (Å²) in [6.07, 6.45) is 0.999. The lowest BCUT2D eigenvalue weighted by Crippen LogP contribution is -2.43. The molecule has 1 heterocycles. The summed E-state index contributed by atoms with van der Waals surface area (Å²) < 4.78 is 0. The minimum Gasteiger partial charge on any atom is -0.350 e. The number of hydrogen-bond acceptors (Lipinski definition) is 2. The molecule has 0 aromatic heterocycles. The molecular weight excluding hydrogens is 128 g/mol. The molecule has 58 valence electrons. The van der Waals surface area contributed by atoms with Crippen LogP contribution in [0.25, 0.3) is 0 Å². The second-order valence-electron chi connectivity index (χ2n) is 3.36. The van der Waals surface area contributed by atoms with Gasteiger partial charge in [-0.3, -0.25) is 4.79 Å². The maximum atomic E-state index is 10.9. The summed E-state index contributed by atoms with van der Waals surface area (Å²) in [5.41, 5.74) is -0.0272. The maximum absolute atomic E-state index is 10.9. The summed E-state index contributed by atoms with van der Waals surface area (Å²) in [6, 6.07) is 0. The molecule has 1 aliphatic heterocycles. The minimum atomic E-state index is -0.0272. The van der Waals surface area contributed by atoms with Crippen LogP contribution in [-0.2, 0) is 4.79 Å². The van der Waals surface area contributed by atoms with E-state index in [4.69, 9.17) is 0 Å². The van der Waals surface area contributed by atoms with Gasteiger partial charge in [-0.1, -0.05) is 0 Å². The van der Waals surface area contributed by atoms with Gasteiger partial charge in [0.05, 0.1) is 6.54 Å². The fraction of sp³-hybridized carbons (Fsp3) is 0.857. The quantitative estimate of drug-likeness (QED) is 0.495. The number of rotatable bonds is 0. The van der Waals surface area contributed by atoms with Crippen molar-refractivity contribution in [2.75, 3.05) is 13.1 Å². The second-order valence-corrected chi connectivity index (χ2v) is 3.36. The average molecular weight is 142 g/mol. The van der Waals surface area contributed by atoms with E-state index < -0.39 is 0 Å². The van der Waals surface area contributed by atoms with E-state index in [0.717, 1.165) is 13.0 Å². The molecule has 0 spiro atoms. The van der Waals surface area contributed by atoms with Gasteiger partial charge in [-0.25, -0.2) is 0 Å². The molecule has 0 saturated carbocycles. The average Bonchev–Trinajstić information content (AvgIpc) is 1.90. The molecule has 0 bridgehead atoms. The number of hydrogen-bond donors (Lipinski definition) is 2. The van der Waals surface area contributed by atoms with Crippen molar-refractivity contribution >= 4 is 5.91 Å². The van der Waals surface area contributed by atoms with Crippen molar-refractivity contribution in [3.63, 3.8) is 0 Å². The summed E-state index contributed by atoms with van der Waals surface area (Å²) >= 11 is 0. The topological polar surface area (TPSA) is 41.1 Å². The zero-order valence-electron chi connectivity index (χ0n) is 6.53. The van der Waals surface area contributed by atoms with Gasteiger partial charge in [0.2, 0.25) is 5.91 Å². The molecule has 0 aromatic carbocycles. The van der Waals surface area contributed by atoms with Gasteiger partial charge in [0.25, 0.3) is 0 Å². The first-order chi connectivity index (χ1) is 4.60. The summed E-state index contributed by atoms with van der Waals surface area (Å²) in [6.45, 7) is 5.46. The Balaban J connectivity index is 2.54. The highest BCUT2D eigenvalue weighted by atomic mass is 16.2. The third kappa shape index (κ3) is 1.99. The first kappa shape index (κ1) is 7.54. The Labute approximate surface area is 61.2 Å². The van der Waals surface area contributed by atoms with Crippen LogP contribution in [0.15, 0.2) is 0 Å². The lowest BCUT2D eigenvalue weighted by Gasteiger charge is -2.22. The Bertz CT molecular complexity index is 143. The van der Waals surface area contributed by atoms with Crippen LogP contribution in [0.5, 0.6) is 0 Å². The van der Waals surface area contributed by atoms with E-state index in [9.17, 15) is 4.79 Å². The highest BCUT2D eigenvalue weighted by Gasteiger charge is 2.22. The maximum Gasteiger partial charge on any atom is 0.234 e. The molecule has 1 aliphatic rings. The van der Waals surface area contributed by atoms with Gasteiger partial charge in [-0.2, -0.15) is 0 Å². The van der Waals surface area contributed by atoms with E-state index in [1.807, 2.05) is 13.8 Å². The van der Waals surface area contributed by atoms with Crippen LogP contribution in [0, 0.1) is 0 Å². The van der Waals surface area contributed by atoms with Crippen molar-refractivity contribution in [2.24, 2.45) is 0 Å². The molecule has 1 fully saturated rings. The summed E-state index contributed by atoms with van der Waals surface area (Å²) in [5.74, 6) is 0.0995. The molecule has 1 amide bonds. The van der Waals surface area contributed by atoms with E-state index in [2.05, 4.69) is 10.6 Å². The van der Waals surface area contributed by atoms with Gasteiger partial charge < -0.3 is 10.6 Å². The molecule has 0 atom stereocenters. The molecule has 10 heavy (non-hydrogen) atoms. The fourth-order valence-corrected chi connectivity index (χ4v) is 1.09. The van der Waals surface area contributed by atoms with Gasteiger partial charge >= 0.3 is 0 Å². The standard InChI is InChI=1S/C7H14N2O/c1-7(2)3-4-8-5-6(10)9-7/h8H,3-5H2,1-2H3,(H,9,10). The molecular formula is C7H14N2O. The molecule has 0 aromatic rings. The lowest BCUT2D eigenvalue weighted by atomic mass is 10.0. The molecule has 0 radical (unpaired) electrons. The van der Waals surface area contributed by atoms with Gasteiger partial charge in [-0.05, 0) is 26.8 Å². The van der Waals surface area contributed by atoms with E-state index >= 15 is 0 Å². The SMILES string of the molecule is CC1(C)CCNCC(=O)N1. The van der Waals surface area contributed by atoms with Crippen molar-refractivity contribution in [1.82, 2.24) is 10.6 Å². The van der Waals surface area contributed by atoms with Crippen molar-refractivity contribution in [3.05, 3.63) is 0 Å². The Morgan fingerprint density at radius 3 is 2.90 bits per heavy atom. The third-order valence-corrected chi connectivity index (χ3v) is 1.69. The van der Waals surface area contributed by atoms with E-state index in [1.54, 1.807) is 0 Å². The lowest BCUT2D eigenvalue weighted by molar-refractivity contribution is -0.121. The van der Waals surface area contributed by atoms with Crippen molar-refractivity contribution in [1.29, 1.82) is 0 Å². The zero-order valence-corrected chi connectivity index (χ0v) is 6.53. The Morgan fingerprint density at radius 1 is 1.50 bits per heavy atom. The number of carbonyl (C=O) groups excluding carboxylic acids is 1.